The van der Waals surface area contributed by atoms with Crippen LogP contribution in [0, 0.1) is 0 Å². The SMILES string of the molecule is CCCNc1cc(C(C)C)nc(Cc2cccnc2)n1. The van der Waals surface area contributed by atoms with Gasteiger partial charge < -0.3 is 5.32 Å². The first-order valence-electron chi connectivity index (χ1n) is 7.19. The predicted molar refractivity (Wildman–Crippen MR) is 81.9 cm³/mol. The van der Waals surface area contributed by atoms with Crippen molar-refractivity contribution < 1.29 is 0 Å². The molecule has 0 atom stereocenters. The maximum atomic E-state index is 4.66. The van der Waals surface area contributed by atoms with Gasteiger partial charge in [0, 0.05) is 37.1 Å². The summed E-state index contributed by atoms with van der Waals surface area (Å²) in [7, 11) is 0. The van der Waals surface area contributed by atoms with Crippen molar-refractivity contribution in [2.45, 2.75) is 39.5 Å². The minimum atomic E-state index is 0.396. The summed E-state index contributed by atoms with van der Waals surface area (Å²) in [5.41, 5.74) is 2.22. The number of hydrogen-bond donors (Lipinski definition) is 1. The van der Waals surface area contributed by atoms with Gasteiger partial charge in [-0.2, -0.15) is 0 Å². The molecule has 0 spiro atoms. The van der Waals surface area contributed by atoms with Crippen LogP contribution in [0.1, 0.15) is 50.2 Å². The van der Waals surface area contributed by atoms with Gasteiger partial charge in [-0.3, -0.25) is 4.98 Å². The molecular weight excluding hydrogens is 248 g/mol. The molecule has 0 unspecified atom stereocenters. The van der Waals surface area contributed by atoms with Crippen LogP contribution in [0.5, 0.6) is 0 Å². The van der Waals surface area contributed by atoms with Crippen molar-refractivity contribution in [1.29, 1.82) is 0 Å². The van der Waals surface area contributed by atoms with Crippen molar-refractivity contribution in [3.05, 3.63) is 47.7 Å². The minimum absolute atomic E-state index is 0.396. The molecule has 0 radical (unpaired) electrons. The first kappa shape index (κ1) is 14.4. The largest absolute Gasteiger partial charge is 0.370 e. The minimum Gasteiger partial charge on any atom is -0.370 e. The van der Waals surface area contributed by atoms with Crippen LogP contribution in [0.25, 0.3) is 0 Å². The second kappa shape index (κ2) is 6.98. The van der Waals surface area contributed by atoms with Gasteiger partial charge >= 0.3 is 0 Å². The van der Waals surface area contributed by atoms with E-state index in [-0.39, 0.29) is 0 Å². The van der Waals surface area contributed by atoms with Crippen molar-refractivity contribution >= 4 is 5.82 Å². The molecule has 0 saturated heterocycles. The van der Waals surface area contributed by atoms with Crippen LogP contribution in [0.15, 0.2) is 30.6 Å². The Hall–Kier alpha value is -1.97. The van der Waals surface area contributed by atoms with E-state index in [1.807, 2.05) is 18.3 Å². The molecule has 0 aliphatic rings. The summed E-state index contributed by atoms with van der Waals surface area (Å²) >= 11 is 0. The van der Waals surface area contributed by atoms with Gasteiger partial charge in [0.1, 0.15) is 11.6 Å². The molecular formula is C16H22N4. The number of pyridine rings is 1. The van der Waals surface area contributed by atoms with Gasteiger partial charge in [0.05, 0.1) is 0 Å². The van der Waals surface area contributed by atoms with Crippen LogP contribution in [0.4, 0.5) is 5.82 Å². The summed E-state index contributed by atoms with van der Waals surface area (Å²) in [6, 6.07) is 6.04. The lowest BCUT2D eigenvalue weighted by molar-refractivity contribution is 0.790. The molecule has 2 aromatic rings. The molecule has 0 saturated carbocycles. The van der Waals surface area contributed by atoms with Gasteiger partial charge in [-0.25, -0.2) is 9.97 Å². The maximum absolute atomic E-state index is 4.66. The van der Waals surface area contributed by atoms with Crippen LogP contribution in [-0.2, 0) is 6.42 Å². The van der Waals surface area contributed by atoms with Crippen molar-refractivity contribution in [2.75, 3.05) is 11.9 Å². The Kier molecular flexibility index (Phi) is 5.04. The fourth-order valence-corrected chi connectivity index (χ4v) is 1.92. The van der Waals surface area contributed by atoms with E-state index < -0.39 is 0 Å². The lowest BCUT2D eigenvalue weighted by atomic mass is 10.1. The summed E-state index contributed by atoms with van der Waals surface area (Å²) in [4.78, 5) is 13.4. The topological polar surface area (TPSA) is 50.7 Å². The lowest BCUT2D eigenvalue weighted by Gasteiger charge is -2.11. The molecule has 2 rings (SSSR count). The Morgan fingerprint density at radius 3 is 2.75 bits per heavy atom. The Balaban J connectivity index is 2.24. The lowest BCUT2D eigenvalue weighted by Crippen LogP contribution is -2.08. The summed E-state index contributed by atoms with van der Waals surface area (Å²) in [6.07, 6.45) is 5.45. The number of anilines is 1. The van der Waals surface area contributed by atoms with Crippen LogP contribution >= 0.6 is 0 Å². The number of nitrogens with zero attached hydrogens (tertiary/aromatic N) is 3. The van der Waals surface area contributed by atoms with Gasteiger partial charge in [-0.05, 0) is 24.0 Å². The quantitative estimate of drug-likeness (QED) is 0.874. The number of rotatable bonds is 6. The van der Waals surface area contributed by atoms with E-state index >= 15 is 0 Å². The van der Waals surface area contributed by atoms with Crippen LogP contribution in [0.2, 0.25) is 0 Å². The first-order chi connectivity index (χ1) is 9.69. The smallest absolute Gasteiger partial charge is 0.135 e. The Morgan fingerprint density at radius 2 is 2.10 bits per heavy atom. The Morgan fingerprint density at radius 1 is 1.25 bits per heavy atom. The highest BCUT2D eigenvalue weighted by atomic mass is 15.0. The molecule has 2 heterocycles. The zero-order chi connectivity index (χ0) is 14.4. The van der Waals surface area contributed by atoms with Gasteiger partial charge in [-0.1, -0.05) is 26.8 Å². The van der Waals surface area contributed by atoms with Crippen LogP contribution in [0.3, 0.4) is 0 Å². The molecule has 0 aliphatic carbocycles. The first-order valence-corrected chi connectivity index (χ1v) is 7.19. The Bertz CT molecular complexity index is 537. The number of nitrogens with one attached hydrogen (secondary N) is 1. The third kappa shape index (κ3) is 4.02. The van der Waals surface area contributed by atoms with Gasteiger partial charge in [0.15, 0.2) is 0 Å². The van der Waals surface area contributed by atoms with E-state index in [0.717, 1.165) is 42.3 Å². The van der Waals surface area contributed by atoms with E-state index in [1.54, 1.807) is 6.20 Å². The van der Waals surface area contributed by atoms with Crippen molar-refractivity contribution in [3.63, 3.8) is 0 Å². The highest BCUT2D eigenvalue weighted by molar-refractivity contribution is 5.37. The predicted octanol–water partition coefficient (Wildman–Crippen LogP) is 3.41. The average Bonchev–Trinajstić information content (AvgIpc) is 2.46. The number of hydrogen-bond acceptors (Lipinski definition) is 4. The molecule has 106 valence electrons. The highest BCUT2D eigenvalue weighted by Gasteiger charge is 2.08. The second-order valence-electron chi connectivity index (χ2n) is 5.21. The third-order valence-corrected chi connectivity index (χ3v) is 3.02. The molecule has 4 nitrogen and oxygen atoms in total. The monoisotopic (exact) mass is 270 g/mol. The molecule has 0 aromatic carbocycles. The van der Waals surface area contributed by atoms with Crippen molar-refractivity contribution in [1.82, 2.24) is 15.0 Å². The second-order valence-corrected chi connectivity index (χ2v) is 5.21. The van der Waals surface area contributed by atoms with Crippen molar-refractivity contribution in [3.8, 4) is 0 Å². The maximum Gasteiger partial charge on any atom is 0.135 e. The molecule has 0 bridgehead atoms. The van der Waals surface area contributed by atoms with Crippen molar-refractivity contribution in [2.24, 2.45) is 0 Å². The summed E-state index contributed by atoms with van der Waals surface area (Å²) in [5.74, 6) is 2.17. The molecule has 4 heteroatoms. The Labute approximate surface area is 120 Å². The van der Waals surface area contributed by atoms with E-state index in [2.05, 4.69) is 47.1 Å². The molecule has 0 fully saturated rings. The number of aromatic nitrogens is 3. The summed E-state index contributed by atoms with van der Waals surface area (Å²) < 4.78 is 0. The molecule has 0 amide bonds. The summed E-state index contributed by atoms with van der Waals surface area (Å²) in [5, 5.41) is 3.35. The van der Waals surface area contributed by atoms with E-state index in [4.69, 9.17) is 0 Å². The van der Waals surface area contributed by atoms with E-state index in [9.17, 15) is 0 Å². The summed E-state index contributed by atoms with van der Waals surface area (Å²) in [6.45, 7) is 7.38. The van der Waals surface area contributed by atoms with E-state index in [0.29, 0.717) is 5.92 Å². The average molecular weight is 270 g/mol. The van der Waals surface area contributed by atoms with Gasteiger partial charge in [0.2, 0.25) is 0 Å². The fourth-order valence-electron chi connectivity index (χ4n) is 1.92. The van der Waals surface area contributed by atoms with E-state index in [1.165, 1.54) is 0 Å². The third-order valence-electron chi connectivity index (χ3n) is 3.02. The molecule has 2 aromatic heterocycles. The van der Waals surface area contributed by atoms with Gasteiger partial charge in [-0.15, -0.1) is 0 Å². The molecule has 1 N–H and O–H groups in total. The highest BCUT2D eigenvalue weighted by Crippen LogP contribution is 2.17. The fraction of sp³-hybridized carbons (Fsp3) is 0.438. The molecule has 0 aliphatic heterocycles. The zero-order valence-electron chi connectivity index (χ0n) is 12.4. The van der Waals surface area contributed by atoms with Crippen LogP contribution in [-0.4, -0.2) is 21.5 Å². The zero-order valence-corrected chi connectivity index (χ0v) is 12.4. The van der Waals surface area contributed by atoms with Gasteiger partial charge in [0.25, 0.3) is 0 Å². The normalized spacial score (nSPS) is 10.8. The van der Waals surface area contributed by atoms with Crippen LogP contribution < -0.4 is 5.32 Å². The standard InChI is InChI=1S/C16H22N4/c1-4-7-18-15-10-14(12(2)3)19-16(20-15)9-13-6-5-8-17-11-13/h5-6,8,10-12H,4,7,9H2,1-3H3,(H,18,19,20). The molecule has 20 heavy (non-hydrogen) atoms.